The number of rotatable bonds is 7. The van der Waals surface area contributed by atoms with Crippen LogP contribution in [0.2, 0.25) is 5.02 Å². The molecule has 0 saturated heterocycles. The first kappa shape index (κ1) is 16.4. The van der Waals surface area contributed by atoms with Crippen molar-refractivity contribution in [3.63, 3.8) is 0 Å². The lowest BCUT2D eigenvalue weighted by molar-refractivity contribution is -0.143. The molecule has 1 aliphatic carbocycles. The lowest BCUT2D eigenvalue weighted by Crippen LogP contribution is -2.40. The Balaban J connectivity index is 1.66. The van der Waals surface area contributed by atoms with Crippen molar-refractivity contribution in [3.05, 3.63) is 50.9 Å². The molecule has 23 heavy (non-hydrogen) atoms. The highest BCUT2D eigenvalue weighted by atomic mass is 35.5. The third-order valence-corrected chi connectivity index (χ3v) is 5.23. The minimum absolute atomic E-state index is 0.391. The van der Waals surface area contributed by atoms with E-state index in [1.807, 2.05) is 34.5 Å². The first-order valence-electron chi connectivity index (χ1n) is 7.69. The maximum Gasteiger partial charge on any atom is 0.320 e. The molecule has 1 aromatic carbocycles. The summed E-state index contributed by atoms with van der Waals surface area (Å²) in [6.07, 6.45) is 2.94. The van der Waals surface area contributed by atoms with E-state index in [1.54, 1.807) is 18.3 Å². The molecule has 1 atom stereocenters. The van der Waals surface area contributed by atoms with E-state index in [2.05, 4.69) is 4.98 Å². The number of halogens is 1. The Morgan fingerprint density at radius 1 is 1.43 bits per heavy atom. The molecule has 1 aliphatic rings. The first-order valence-corrected chi connectivity index (χ1v) is 8.95. The Morgan fingerprint density at radius 2 is 2.13 bits per heavy atom. The zero-order valence-corrected chi connectivity index (χ0v) is 14.5. The highest BCUT2D eigenvalue weighted by molar-refractivity contribution is 7.09. The van der Waals surface area contributed by atoms with Gasteiger partial charge in [-0.1, -0.05) is 23.7 Å². The number of hydrogen-bond acceptors (Lipinski definition) is 4. The normalized spacial score (nSPS) is 15.8. The van der Waals surface area contributed by atoms with E-state index in [9.17, 15) is 9.90 Å². The molecular formula is C17H19ClN2O2S. The van der Waals surface area contributed by atoms with Gasteiger partial charge in [-0.15, -0.1) is 11.3 Å². The van der Waals surface area contributed by atoms with E-state index >= 15 is 0 Å². The largest absolute Gasteiger partial charge is 0.480 e. The van der Waals surface area contributed by atoms with Crippen LogP contribution in [0.25, 0.3) is 0 Å². The van der Waals surface area contributed by atoms with Crippen LogP contribution in [0.5, 0.6) is 0 Å². The Hall–Kier alpha value is -1.43. The van der Waals surface area contributed by atoms with Crippen LogP contribution in [0.15, 0.2) is 29.6 Å². The molecule has 6 heteroatoms. The third-order valence-electron chi connectivity index (χ3n) is 4.08. The van der Waals surface area contributed by atoms with Crippen LogP contribution in [0.3, 0.4) is 0 Å². The summed E-state index contributed by atoms with van der Waals surface area (Å²) in [5.74, 6) is -0.770. The number of aliphatic carboxylic acids is 1. The summed E-state index contributed by atoms with van der Waals surface area (Å²) in [4.78, 5) is 18.0. The van der Waals surface area contributed by atoms with E-state index < -0.39 is 12.0 Å². The molecule has 4 nitrogen and oxygen atoms in total. The summed E-state index contributed by atoms with van der Waals surface area (Å²) in [5.41, 5.74) is 2.13. The van der Waals surface area contributed by atoms with Crippen molar-refractivity contribution >= 4 is 28.9 Å². The maximum absolute atomic E-state index is 11.3. The summed E-state index contributed by atoms with van der Waals surface area (Å²) in [6.45, 7) is 2.36. The Labute approximate surface area is 144 Å². The molecule has 0 spiro atoms. The van der Waals surface area contributed by atoms with Gasteiger partial charge < -0.3 is 5.11 Å². The number of hydrogen-bond donors (Lipinski definition) is 1. The number of carboxylic acid groups (broad SMARTS) is 1. The minimum atomic E-state index is -0.770. The van der Waals surface area contributed by atoms with Gasteiger partial charge in [-0.25, -0.2) is 4.98 Å². The van der Waals surface area contributed by atoms with E-state index in [4.69, 9.17) is 11.6 Å². The minimum Gasteiger partial charge on any atom is -0.480 e. The van der Waals surface area contributed by atoms with Crippen LogP contribution in [0.4, 0.5) is 0 Å². The molecule has 1 fully saturated rings. The second-order valence-electron chi connectivity index (χ2n) is 5.95. The molecule has 0 amide bonds. The number of nitrogens with zero attached hydrogens (tertiary/aromatic N) is 2. The summed E-state index contributed by atoms with van der Waals surface area (Å²) >= 11 is 7.52. The van der Waals surface area contributed by atoms with Crippen molar-refractivity contribution in [1.82, 2.24) is 9.88 Å². The van der Waals surface area contributed by atoms with Gasteiger partial charge in [0.2, 0.25) is 0 Å². The molecule has 3 rings (SSSR count). The van der Waals surface area contributed by atoms with E-state index in [0.29, 0.717) is 12.6 Å². The second-order valence-corrected chi connectivity index (χ2v) is 7.33. The number of thiazole rings is 1. The van der Waals surface area contributed by atoms with Crippen molar-refractivity contribution in [2.45, 2.75) is 44.8 Å². The fraction of sp³-hybridized carbons (Fsp3) is 0.412. The van der Waals surface area contributed by atoms with Gasteiger partial charge in [0, 0.05) is 29.4 Å². The first-order chi connectivity index (χ1) is 11.0. The number of aromatic nitrogens is 1. The molecule has 0 radical (unpaired) electrons. The van der Waals surface area contributed by atoms with Crippen molar-refractivity contribution < 1.29 is 9.90 Å². The number of carbonyl (C=O) groups is 1. The molecule has 0 aliphatic heterocycles. The fourth-order valence-corrected chi connectivity index (χ4v) is 3.54. The van der Waals surface area contributed by atoms with Crippen LogP contribution in [0, 0.1) is 0 Å². The van der Waals surface area contributed by atoms with Crippen molar-refractivity contribution in [1.29, 1.82) is 0 Å². The lowest BCUT2D eigenvalue weighted by atomic mass is 10.2. The molecule has 122 valence electrons. The molecule has 1 heterocycles. The van der Waals surface area contributed by atoms with Crippen LogP contribution >= 0.6 is 22.9 Å². The summed E-state index contributed by atoms with van der Waals surface area (Å²) in [7, 11) is 0. The number of carboxylic acids is 1. The molecule has 0 bridgehead atoms. The zero-order valence-electron chi connectivity index (χ0n) is 12.9. The van der Waals surface area contributed by atoms with Crippen LogP contribution < -0.4 is 0 Å². The molecule has 1 unspecified atom stereocenters. The van der Waals surface area contributed by atoms with Crippen LogP contribution in [-0.2, 0) is 17.8 Å². The molecular weight excluding hydrogens is 332 g/mol. The molecule has 2 aromatic rings. The standard InChI is InChI=1S/C17H19ClN2O2S/c1-11(17(21)22)20(15-6-7-15)9-14-10-23-16(19-14)8-12-2-4-13(18)5-3-12/h2-5,10-11,15H,6-9H2,1H3,(H,21,22). The average molecular weight is 351 g/mol. The third kappa shape index (κ3) is 4.31. The van der Waals surface area contributed by atoms with Gasteiger partial charge in [-0.05, 0) is 37.5 Å². The van der Waals surface area contributed by atoms with Gasteiger partial charge in [-0.2, -0.15) is 0 Å². The van der Waals surface area contributed by atoms with Gasteiger partial charge in [0.25, 0.3) is 0 Å². The Bertz CT molecular complexity index is 682. The van der Waals surface area contributed by atoms with Crippen LogP contribution in [0.1, 0.15) is 36.0 Å². The van der Waals surface area contributed by atoms with E-state index in [1.165, 1.54) is 5.56 Å². The predicted octanol–water partition coefficient (Wildman–Crippen LogP) is 3.82. The smallest absolute Gasteiger partial charge is 0.320 e. The Morgan fingerprint density at radius 3 is 2.74 bits per heavy atom. The van der Waals surface area contributed by atoms with E-state index in [-0.39, 0.29) is 0 Å². The summed E-state index contributed by atoms with van der Waals surface area (Å²) in [6, 6.07) is 7.70. The van der Waals surface area contributed by atoms with Gasteiger partial charge in [0.05, 0.1) is 10.7 Å². The van der Waals surface area contributed by atoms with Gasteiger partial charge in [0.15, 0.2) is 0 Å². The molecule has 1 saturated carbocycles. The van der Waals surface area contributed by atoms with E-state index in [0.717, 1.165) is 35.0 Å². The van der Waals surface area contributed by atoms with Crippen LogP contribution in [-0.4, -0.2) is 33.0 Å². The Kier molecular flexibility index (Phi) is 4.99. The van der Waals surface area contributed by atoms with Gasteiger partial charge in [-0.3, -0.25) is 9.69 Å². The predicted molar refractivity (Wildman–Crippen MR) is 92.0 cm³/mol. The fourth-order valence-electron chi connectivity index (χ4n) is 2.60. The van der Waals surface area contributed by atoms with Crippen molar-refractivity contribution in [3.8, 4) is 0 Å². The monoisotopic (exact) mass is 350 g/mol. The highest BCUT2D eigenvalue weighted by Crippen LogP contribution is 2.30. The van der Waals surface area contributed by atoms with Crippen molar-refractivity contribution in [2.75, 3.05) is 0 Å². The second kappa shape index (κ2) is 6.99. The summed E-state index contributed by atoms with van der Waals surface area (Å²) < 4.78 is 0. The SMILES string of the molecule is CC(C(=O)O)N(Cc1csc(Cc2ccc(Cl)cc2)n1)C1CC1. The van der Waals surface area contributed by atoms with Crippen molar-refractivity contribution in [2.24, 2.45) is 0 Å². The van der Waals surface area contributed by atoms with Gasteiger partial charge in [0.1, 0.15) is 6.04 Å². The average Bonchev–Trinajstić information content (AvgIpc) is 3.27. The zero-order chi connectivity index (χ0) is 16.4. The summed E-state index contributed by atoms with van der Waals surface area (Å²) in [5, 5.41) is 13.1. The molecule has 1 aromatic heterocycles. The number of benzene rings is 1. The lowest BCUT2D eigenvalue weighted by Gasteiger charge is -2.25. The van der Waals surface area contributed by atoms with Gasteiger partial charge >= 0.3 is 5.97 Å². The molecule has 1 N–H and O–H groups in total. The quantitative estimate of drug-likeness (QED) is 0.824. The maximum atomic E-state index is 11.3. The highest BCUT2D eigenvalue weighted by Gasteiger charge is 2.35. The topological polar surface area (TPSA) is 53.4 Å².